The van der Waals surface area contributed by atoms with Gasteiger partial charge in [-0.1, -0.05) is 18.2 Å². The first-order chi connectivity index (χ1) is 7.29. The van der Waals surface area contributed by atoms with Crippen LogP contribution in [0.5, 0.6) is 0 Å². The Hall–Kier alpha value is -1.88. The van der Waals surface area contributed by atoms with Crippen molar-refractivity contribution >= 4 is 5.78 Å². The molecule has 2 rings (SSSR count). The van der Waals surface area contributed by atoms with E-state index in [-0.39, 0.29) is 11.7 Å². The molecule has 0 amide bonds. The van der Waals surface area contributed by atoms with Gasteiger partial charge in [0.1, 0.15) is 0 Å². The zero-order valence-corrected chi connectivity index (χ0v) is 8.31. The number of carbonyl (C=O) groups is 1. The standard InChI is InChI=1S/C13H11NO/c14-9-10-2-1-3-12(8-10)11-4-6-13(15)7-5-11/h1-4,6,8,11H,5,7H2/t11-/m1/s1. The summed E-state index contributed by atoms with van der Waals surface area (Å²) in [5.74, 6) is 0.485. The Bertz CT molecular complexity index is 454. The smallest absolute Gasteiger partial charge is 0.155 e. The van der Waals surface area contributed by atoms with Gasteiger partial charge in [0.05, 0.1) is 11.6 Å². The van der Waals surface area contributed by atoms with Gasteiger partial charge >= 0.3 is 0 Å². The van der Waals surface area contributed by atoms with Crippen LogP contribution in [0, 0.1) is 11.3 Å². The molecule has 0 radical (unpaired) electrons. The zero-order valence-electron chi connectivity index (χ0n) is 8.31. The molecular formula is C13H11NO. The summed E-state index contributed by atoms with van der Waals surface area (Å²) >= 11 is 0. The fraction of sp³-hybridized carbons (Fsp3) is 0.231. The number of benzene rings is 1. The number of carbonyl (C=O) groups excluding carboxylic acids is 1. The molecule has 1 aliphatic rings. The SMILES string of the molecule is N#Cc1cccc([C@@H]2C=CC(=O)CC2)c1. The Morgan fingerprint density at radius 2 is 2.27 bits per heavy atom. The Kier molecular flexibility index (Phi) is 2.64. The normalized spacial score (nSPS) is 19.9. The van der Waals surface area contributed by atoms with Gasteiger partial charge in [0, 0.05) is 12.3 Å². The minimum Gasteiger partial charge on any atom is -0.295 e. The van der Waals surface area contributed by atoms with Gasteiger partial charge in [-0.05, 0) is 30.2 Å². The number of rotatable bonds is 1. The number of nitriles is 1. The van der Waals surface area contributed by atoms with Crippen molar-refractivity contribution in [2.45, 2.75) is 18.8 Å². The Morgan fingerprint density at radius 1 is 1.40 bits per heavy atom. The predicted molar refractivity (Wildman–Crippen MR) is 57.3 cm³/mol. The first-order valence-corrected chi connectivity index (χ1v) is 5.00. The van der Waals surface area contributed by atoms with E-state index in [0.717, 1.165) is 12.0 Å². The Labute approximate surface area is 88.8 Å². The first-order valence-electron chi connectivity index (χ1n) is 5.00. The lowest BCUT2D eigenvalue weighted by molar-refractivity contribution is -0.115. The van der Waals surface area contributed by atoms with Gasteiger partial charge in [-0.3, -0.25) is 4.79 Å². The predicted octanol–water partition coefficient (Wildman–Crippen LogP) is 2.56. The maximum Gasteiger partial charge on any atom is 0.155 e. The fourth-order valence-corrected chi connectivity index (χ4v) is 1.82. The van der Waals surface area contributed by atoms with Crippen LogP contribution < -0.4 is 0 Å². The molecule has 0 saturated carbocycles. The lowest BCUT2D eigenvalue weighted by Crippen LogP contribution is -2.06. The van der Waals surface area contributed by atoms with Crippen LogP contribution in [0.25, 0.3) is 0 Å². The topological polar surface area (TPSA) is 40.9 Å². The second-order valence-electron chi connectivity index (χ2n) is 3.71. The highest BCUT2D eigenvalue weighted by Gasteiger charge is 2.14. The van der Waals surface area contributed by atoms with Crippen LogP contribution in [0.4, 0.5) is 0 Å². The Balaban J connectivity index is 2.27. The van der Waals surface area contributed by atoms with Crippen molar-refractivity contribution in [3.05, 3.63) is 47.5 Å². The average Bonchev–Trinajstić information content (AvgIpc) is 2.30. The third-order valence-corrected chi connectivity index (χ3v) is 2.66. The van der Waals surface area contributed by atoms with Gasteiger partial charge < -0.3 is 0 Å². The molecule has 1 aromatic carbocycles. The maximum atomic E-state index is 11.0. The van der Waals surface area contributed by atoms with E-state index in [1.165, 1.54) is 0 Å². The molecule has 2 heteroatoms. The fourth-order valence-electron chi connectivity index (χ4n) is 1.82. The van der Waals surface area contributed by atoms with Crippen molar-refractivity contribution in [3.63, 3.8) is 0 Å². The molecule has 0 bridgehead atoms. The van der Waals surface area contributed by atoms with E-state index >= 15 is 0 Å². The van der Waals surface area contributed by atoms with Crippen LogP contribution in [0.2, 0.25) is 0 Å². The van der Waals surface area contributed by atoms with Gasteiger partial charge in [-0.25, -0.2) is 0 Å². The summed E-state index contributed by atoms with van der Waals surface area (Å²) in [7, 11) is 0. The summed E-state index contributed by atoms with van der Waals surface area (Å²) < 4.78 is 0. The number of hydrogen-bond donors (Lipinski definition) is 0. The van der Waals surface area contributed by atoms with Gasteiger partial charge in [-0.2, -0.15) is 5.26 Å². The second-order valence-corrected chi connectivity index (χ2v) is 3.71. The zero-order chi connectivity index (χ0) is 10.7. The number of nitrogens with zero attached hydrogens (tertiary/aromatic N) is 1. The van der Waals surface area contributed by atoms with E-state index in [9.17, 15) is 4.79 Å². The lowest BCUT2D eigenvalue weighted by Gasteiger charge is -2.15. The van der Waals surface area contributed by atoms with Gasteiger partial charge in [0.25, 0.3) is 0 Å². The molecule has 0 spiro atoms. The van der Waals surface area contributed by atoms with Crippen LogP contribution in [0.15, 0.2) is 36.4 Å². The molecule has 0 aromatic heterocycles. The third kappa shape index (κ3) is 2.13. The summed E-state index contributed by atoms with van der Waals surface area (Å²) in [6.07, 6.45) is 5.04. The first kappa shape index (κ1) is 9.67. The molecule has 1 atom stereocenters. The molecule has 1 aliphatic carbocycles. The van der Waals surface area contributed by atoms with E-state index in [0.29, 0.717) is 12.0 Å². The molecule has 74 valence electrons. The van der Waals surface area contributed by atoms with E-state index in [1.54, 1.807) is 12.1 Å². The van der Waals surface area contributed by atoms with Crippen LogP contribution in [-0.4, -0.2) is 5.78 Å². The number of hydrogen-bond acceptors (Lipinski definition) is 2. The molecule has 15 heavy (non-hydrogen) atoms. The highest BCUT2D eigenvalue weighted by molar-refractivity contribution is 5.90. The lowest BCUT2D eigenvalue weighted by atomic mass is 9.88. The summed E-state index contributed by atoms with van der Waals surface area (Å²) in [6, 6.07) is 9.70. The third-order valence-electron chi connectivity index (χ3n) is 2.66. The van der Waals surface area contributed by atoms with Gasteiger partial charge in [0.15, 0.2) is 5.78 Å². The van der Waals surface area contributed by atoms with Crippen molar-refractivity contribution in [2.75, 3.05) is 0 Å². The second kappa shape index (κ2) is 4.10. The molecule has 0 fully saturated rings. The van der Waals surface area contributed by atoms with Crippen molar-refractivity contribution in [2.24, 2.45) is 0 Å². The maximum absolute atomic E-state index is 11.0. The number of allylic oxidation sites excluding steroid dienone is 2. The highest BCUT2D eigenvalue weighted by Crippen LogP contribution is 2.26. The van der Waals surface area contributed by atoms with Crippen LogP contribution >= 0.6 is 0 Å². The van der Waals surface area contributed by atoms with Gasteiger partial charge in [-0.15, -0.1) is 0 Å². The number of ketones is 1. The molecule has 0 N–H and O–H groups in total. The molecule has 0 aliphatic heterocycles. The minimum atomic E-state index is 0.197. The summed E-state index contributed by atoms with van der Waals surface area (Å²) in [4.78, 5) is 11.0. The average molecular weight is 197 g/mol. The molecule has 1 aromatic rings. The molecule has 0 saturated heterocycles. The van der Waals surface area contributed by atoms with Crippen LogP contribution in [0.1, 0.15) is 29.9 Å². The quantitative estimate of drug-likeness (QED) is 0.694. The van der Waals surface area contributed by atoms with Crippen molar-refractivity contribution in [1.82, 2.24) is 0 Å². The van der Waals surface area contributed by atoms with E-state index < -0.39 is 0 Å². The molecule has 0 unspecified atom stereocenters. The molecule has 2 nitrogen and oxygen atoms in total. The van der Waals surface area contributed by atoms with E-state index in [4.69, 9.17) is 5.26 Å². The van der Waals surface area contributed by atoms with Crippen LogP contribution in [-0.2, 0) is 4.79 Å². The van der Waals surface area contributed by atoms with Crippen molar-refractivity contribution in [3.8, 4) is 6.07 Å². The summed E-state index contributed by atoms with van der Waals surface area (Å²) in [5, 5.41) is 8.78. The Morgan fingerprint density at radius 3 is 2.93 bits per heavy atom. The van der Waals surface area contributed by atoms with Crippen molar-refractivity contribution in [1.29, 1.82) is 5.26 Å². The molecule has 0 heterocycles. The van der Waals surface area contributed by atoms with Crippen molar-refractivity contribution < 1.29 is 4.79 Å². The van der Waals surface area contributed by atoms with Crippen LogP contribution in [0.3, 0.4) is 0 Å². The minimum absolute atomic E-state index is 0.197. The summed E-state index contributed by atoms with van der Waals surface area (Å²) in [6.45, 7) is 0. The van der Waals surface area contributed by atoms with E-state index in [1.807, 2.05) is 24.3 Å². The highest BCUT2D eigenvalue weighted by atomic mass is 16.1. The van der Waals surface area contributed by atoms with Gasteiger partial charge in [0.2, 0.25) is 0 Å². The largest absolute Gasteiger partial charge is 0.295 e. The van der Waals surface area contributed by atoms with E-state index in [2.05, 4.69) is 6.07 Å². The molecular weight excluding hydrogens is 186 g/mol. The summed E-state index contributed by atoms with van der Waals surface area (Å²) in [5.41, 5.74) is 1.80. The monoisotopic (exact) mass is 197 g/mol.